The molecule has 1 saturated heterocycles. The molecule has 0 bridgehead atoms. The molecule has 0 spiro atoms. The minimum atomic E-state index is 0.0798. The second-order valence-electron chi connectivity index (χ2n) is 8.64. The van der Waals surface area contributed by atoms with E-state index in [2.05, 4.69) is 38.8 Å². The van der Waals surface area contributed by atoms with Gasteiger partial charge in [-0.25, -0.2) is 0 Å². The predicted octanol–water partition coefficient (Wildman–Crippen LogP) is 3.55. The van der Waals surface area contributed by atoms with Crippen LogP contribution in [-0.4, -0.2) is 45.6 Å². The molecule has 3 heterocycles. The number of anilines is 1. The number of nitrogens with one attached hydrogen (secondary N) is 1. The molecule has 4 rings (SSSR count). The number of nitrogens with zero attached hydrogens (tertiary/aromatic N) is 4. The predicted molar refractivity (Wildman–Crippen MR) is 114 cm³/mol. The SMILES string of the molecule is CC1CC(C)CN(c2nnc(SCC(=O)NC3CCCC3)n2Cc2ccco2)C1. The van der Waals surface area contributed by atoms with E-state index in [1.807, 2.05) is 12.1 Å². The van der Waals surface area contributed by atoms with E-state index in [1.54, 1.807) is 6.26 Å². The maximum atomic E-state index is 12.4. The molecule has 158 valence electrons. The molecule has 1 aliphatic heterocycles. The van der Waals surface area contributed by atoms with Crippen LogP contribution in [-0.2, 0) is 11.3 Å². The lowest BCUT2D eigenvalue weighted by Gasteiger charge is -2.35. The van der Waals surface area contributed by atoms with Gasteiger partial charge in [0.25, 0.3) is 0 Å². The summed E-state index contributed by atoms with van der Waals surface area (Å²) < 4.78 is 7.67. The monoisotopic (exact) mass is 417 g/mol. The first kappa shape index (κ1) is 20.3. The van der Waals surface area contributed by atoms with Crippen LogP contribution in [0.4, 0.5) is 5.95 Å². The van der Waals surface area contributed by atoms with E-state index in [0.29, 0.717) is 30.2 Å². The summed E-state index contributed by atoms with van der Waals surface area (Å²) >= 11 is 1.46. The molecule has 7 nitrogen and oxygen atoms in total. The molecule has 2 atom stereocenters. The van der Waals surface area contributed by atoms with Crippen molar-refractivity contribution < 1.29 is 9.21 Å². The number of aromatic nitrogens is 3. The average Bonchev–Trinajstić information content (AvgIpc) is 3.42. The smallest absolute Gasteiger partial charge is 0.230 e. The number of amides is 1. The first-order chi connectivity index (χ1) is 14.1. The van der Waals surface area contributed by atoms with Crippen LogP contribution in [0.1, 0.15) is 51.7 Å². The fourth-order valence-corrected chi connectivity index (χ4v) is 5.36. The number of rotatable bonds is 7. The first-order valence-corrected chi connectivity index (χ1v) is 11.7. The average molecular weight is 418 g/mol. The molecule has 2 unspecified atom stereocenters. The van der Waals surface area contributed by atoms with Crippen molar-refractivity contribution >= 4 is 23.6 Å². The highest BCUT2D eigenvalue weighted by atomic mass is 32.2. The van der Waals surface area contributed by atoms with Gasteiger partial charge in [-0.1, -0.05) is 38.5 Å². The molecule has 1 amide bonds. The highest BCUT2D eigenvalue weighted by Gasteiger charge is 2.27. The Bertz CT molecular complexity index is 790. The van der Waals surface area contributed by atoms with Gasteiger partial charge in [0.05, 0.1) is 18.6 Å². The number of hydrogen-bond donors (Lipinski definition) is 1. The van der Waals surface area contributed by atoms with E-state index < -0.39 is 0 Å². The van der Waals surface area contributed by atoms with Gasteiger partial charge in [-0.15, -0.1) is 10.2 Å². The summed E-state index contributed by atoms with van der Waals surface area (Å²) in [4.78, 5) is 14.7. The van der Waals surface area contributed by atoms with Crippen molar-refractivity contribution in [2.75, 3.05) is 23.7 Å². The summed E-state index contributed by atoms with van der Waals surface area (Å²) in [5.74, 6) is 3.43. The van der Waals surface area contributed by atoms with Crippen LogP contribution in [0.5, 0.6) is 0 Å². The number of furan rings is 1. The van der Waals surface area contributed by atoms with Crippen molar-refractivity contribution in [2.45, 2.75) is 63.7 Å². The summed E-state index contributed by atoms with van der Waals surface area (Å²) in [6.45, 7) is 7.11. The highest BCUT2D eigenvalue weighted by molar-refractivity contribution is 7.99. The van der Waals surface area contributed by atoms with Gasteiger partial charge in [0, 0.05) is 19.1 Å². The Hall–Kier alpha value is -1.96. The Kier molecular flexibility index (Phi) is 6.47. The van der Waals surface area contributed by atoms with Gasteiger partial charge in [-0.3, -0.25) is 9.36 Å². The van der Waals surface area contributed by atoms with E-state index >= 15 is 0 Å². The Labute approximate surface area is 176 Å². The minimum Gasteiger partial charge on any atom is -0.467 e. The Morgan fingerprint density at radius 1 is 1.24 bits per heavy atom. The fraction of sp³-hybridized carbons (Fsp3) is 0.667. The van der Waals surface area contributed by atoms with Crippen molar-refractivity contribution in [1.82, 2.24) is 20.1 Å². The van der Waals surface area contributed by atoms with Gasteiger partial charge in [-0.05, 0) is 43.2 Å². The van der Waals surface area contributed by atoms with Gasteiger partial charge in [-0.2, -0.15) is 0 Å². The van der Waals surface area contributed by atoms with Gasteiger partial charge < -0.3 is 14.6 Å². The Morgan fingerprint density at radius 3 is 2.69 bits per heavy atom. The lowest BCUT2D eigenvalue weighted by atomic mass is 9.92. The number of thioether (sulfide) groups is 1. The maximum absolute atomic E-state index is 12.4. The summed E-state index contributed by atoms with van der Waals surface area (Å²) in [5.41, 5.74) is 0. The van der Waals surface area contributed by atoms with E-state index in [9.17, 15) is 4.79 Å². The molecule has 2 aromatic heterocycles. The molecule has 2 aliphatic rings. The van der Waals surface area contributed by atoms with Gasteiger partial charge >= 0.3 is 0 Å². The summed E-state index contributed by atoms with van der Waals surface area (Å²) in [6.07, 6.45) is 7.55. The molecule has 1 saturated carbocycles. The molecule has 2 aromatic rings. The van der Waals surface area contributed by atoms with E-state index in [4.69, 9.17) is 4.42 Å². The normalized spacial score (nSPS) is 22.9. The third kappa shape index (κ3) is 5.15. The molecule has 0 radical (unpaired) electrons. The summed E-state index contributed by atoms with van der Waals surface area (Å²) in [5, 5.41) is 12.9. The zero-order chi connectivity index (χ0) is 20.2. The van der Waals surface area contributed by atoms with Crippen LogP contribution in [0.2, 0.25) is 0 Å². The molecular weight excluding hydrogens is 386 g/mol. The van der Waals surface area contributed by atoms with Gasteiger partial charge in [0.2, 0.25) is 11.9 Å². The third-order valence-corrected chi connectivity index (χ3v) is 6.76. The van der Waals surface area contributed by atoms with Gasteiger partial charge in [0.15, 0.2) is 5.16 Å². The second kappa shape index (κ2) is 9.24. The maximum Gasteiger partial charge on any atom is 0.230 e. The van der Waals surface area contributed by atoms with Gasteiger partial charge in [0.1, 0.15) is 5.76 Å². The highest BCUT2D eigenvalue weighted by Crippen LogP contribution is 2.29. The number of hydrogen-bond acceptors (Lipinski definition) is 6. The summed E-state index contributed by atoms with van der Waals surface area (Å²) in [7, 11) is 0. The van der Waals surface area contributed by atoms with E-state index in [-0.39, 0.29) is 5.91 Å². The van der Waals surface area contributed by atoms with Crippen molar-refractivity contribution in [3.63, 3.8) is 0 Å². The lowest BCUT2D eigenvalue weighted by Crippen LogP contribution is -2.40. The van der Waals surface area contributed by atoms with Crippen molar-refractivity contribution in [1.29, 1.82) is 0 Å². The standard InChI is InChI=1S/C21H31N5O2S/c1-15-10-16(2)12-25(11-15)20-23-24-21(26(20)13-18-8-5-9-28-18)29-14-19(27)22-17-6-3-4-7-17/h5,8-9,15-17H,3-4,6-7,10-14H2,1-2H3,(H,22,27). The minimum absolute atomic E-state index is 0.0798. The molecule has 0 aromatic carbocycles. The topological polar surface area (TPSA) is 76.2 Å². The van der Waals surface area contributed by atoms with Crippen LogP contribution < -0.4 is 10.2 Å². The second-order valence-corrected chi connectivity index (χ2v) is 9.58. The largest absolute Gasteiger partial charge is 0.467 e. The molecule has 29 heavy (non-hydrogen) atoms. The Balaban J connectivity index is 1.48. The Morgan fingerprint density at radius 2 is 2.00 bits per heavy atom. The number of carbonyl (C=O) groups is 1. The third-order valence-electron chi connectivity index (χ3n) is 5.80. The van der Waals surface area contributed by atoms with Crippen LogP contribution in [0.25, 0.3) is 0 Å². The first-order valence-electron chi connectivity index (χ1n) is 10.7. The summed E-state index contributed by atoms with van der Waals surface area (Å²) in [6, 6.07) is 4.20. The molecular formula is C21H31N5O2S. The molecule has 8 heteroatoms. The lowest BCUT2D eigenvalue weighted by molar-refractivity contribution is -0.119. The fourth-order valence-electron chi connectivity index (χ4n) is 4.61. The molecule has 2 fully saturated rings. The zero-order valence-corrected chi connectivity index (χ0v) is 18.2. The van der Waals surface area contributed by atoms with Crippen molar-refractivity contribution in [2.24, 2.45) is 11.8 Å². The number of piperidine rings is 1. The van der Waals surface area contributed by atoms with Crippen LogP contribution in [0, 0.1) is 11.8 Å². The molecule has 1 N–H and O–H groups in total. The van der Waals surface area contributed by atoms with Crippen molar-refractivity contribution in [3.8, 4) is 0 Å². The van der Waals surface area contributed by atoms with Crippen LogP contribution >= 0.6 is 11.8 Å². The van der Waals surface area contributed by atoms with Crippen LogP contribution in [0.15, 0.2) is 28.0 Å². The molecule has 1 aliphatic carbocycles. The quantitative estimate of drug-likeness (QED) is 0.695. The van der Waals surface area contributed by atoms with Crippen molar-refractivity contribution in [3.05, 3.63) is 24.2 Å². The van der Waals surface area contributed by atoms with Crippen LogP contribution in [0.3, 0.4) is 0 Å². The number of carbonyl (C=O) groups excluding carboxylic acids is 1. The van der Waals surface area contributed by atoms with E-state index in [1.165, 1.54) is 31.0 Å². The van der Waals surface area contributed by atoms with E-state index in [0.717, 1.165) is 42.8 Å². The zero-order valence-electron chi connectivity index (χ0n) is 17.3.